The monoisotopic (exact) mass is 508 g/mol. The Hall–Kier alpha value is -5.20. The standard InChI is InChI=1S/C24H16N2O11/c27-19(17-9-13-5-1-3-7-15(13)11-23(17,21(29)30)25(33)34)37-20(28)18-10-14-6-2-4-8-16(14)12-24(18,22(31)32)26(35)36/h1-12,17-18H,(H,29,30)(H,31,32). The fourth-order valence-electron chi connectivity index (χ4n) is 4.45. The third-order valence-electron chi connectivity index (χ3n) is 6.38. The van der Waals surface area contributed by atoms with E-state index in [2.05, 4.69) is 0 Å². The fraction of sp³-hybridized carbons (Fsp3) is 0.167. The number of hydrogen-bond acceptors (Lipinski definition) is 9. The predicted octanol–water partition coefficient (Wildman–Crippen LogP) is -1.96. The van der Waals surface area contributed by atoms with Crippen LogP contribution in [0.25, 0.3) is 24.3 Å². The Morgan fingerprint density at radius 2 is 1.00 bits per heavy atom. The van der Waals surface area contributed by atoms with Crippen LogP contribution in [0.5, 0.6) is 0 Å². The summed E-state index contributed by atoms with van der Waals surface area (Å²) in [5.41, 5.74) is -6.12. The van der Waals surface area contributed by atoms with Crippen LogP contribution in [0.3, 0.4) is 0 Å². The number of carboxylic acid groups (broad SMARTS) is 2. The molecule has 2 aliphatic rings. The van der Waals surface area contributed by atoms with Crippen LogP contribution in [0.1, 0.15) is 0 Å². The van der Waals surface area contributed by atoms with Crippen molar-refractivity contribution in [3.63, 3.8) is 0 Å². The number of carboxylic acids is 2. The second-order valence-corrected chi connectivity index (χ2v) is 8.35. The fourth-order valence-corrected chi connectivity index (χ4v) is 4.45. The van der Waals surface area contributed by atoms with E-state index in [0.29, 0.717) is 0 Å². The number of ether oxygens (including phenoxy) is 1. The number of hydrogen-bond donors (Lipinski definition) is 2. The molecule has 13 nitrogen and oxygen atoms in total. The highest BCUT2D eigenvalue weighted by Crippen LogP contribution is 2.32. The van der Waals surface area contributed by atoms with Gasteiger partial charge in [0.15, 0.2) is 11.8 Å². The van der Waals surface area contributed by atoms with Gasteiger partial charge in [0.1, 0.15) is 0 Å². The Balaban J connectivity index is 1.81. The maximum Gasteiger partial charge on any atom is 0.388 e. The van der Waals surface area contributed by atoms with Crippen molar-refractivity contribution in [1.29, 1.82) is 0 Å². The van der Waals surface area contributed by atoms with E-state index >= 15 is 0 Å². The molecule has 4 atom stereocenters. The second kappa shape index (κ2) is 8.78. The van der Waals surface area contributed by atoms with Gasteiger partial charge < -0.3 is 14.9 Å². The van der Waals surface area contributed by atoms with Gasteiger partial charge in [-0.25, -0.2) is 9.59 Å². The Morgan fingerprint density at radius 1 is 0.676 bits per heavy atom. The summed E-state index contributed by atoms with van der Waals surface area (Å²) in [6.07, 6.45) is 3.39. The van der Waals surface area contributed by atoms with E-state index in [1.165, 1.54) is 48.5 Å². The smallest absolute Gasteiger partial charge is 0.388 e. The first-order valence-corrected chi connectivity index (χ1v) is 10.6. The van der Waals surface area contributed by atoms with Crippen LogP contribution in [-0.2, 0) is 23.9 Å². The number of fused-ring (bicyclic) bond motifs is 2. The molecule has 188 valence electrons. The highest BCUT2D eigenvalue weighted by Gasteiger charge is 2.63. The lowest BCUT2D eigenvalue weighted by atomic mass is 9.78. The maximum absolute atomic E-state index is 13.1. The molecule has 0 bridgehead atoms. The molecule has 0 aliphatic heterocycles. The van der Waals surface area contributed by atoms with Crippen LogP contribution in [-0.4, -0.2) is 55.0 Å². The molecule has 2 aliphatic carbocycles. The lowest BCUT2D eigenvalue weighted by Gasteiger charge is -2.28. The Morgan fingerprint density at radius 3 is 1.30 bits per heavy atom. The zero-order valence-electron chi connectivity index (χ0n) is 18.5. The minimum absolute atomic E-state index is 0.141. The Kier molecular flexibility index (Phi) is 5.91. The van der Waals surface area contributed by atoms with E-state index in [1.807, 2.05) is 0 Å². The molecule has 0 aromatic heterocycles. The number of esters is 2. The molecule has 2 N–H and O–H groups in total. The SMILES string of the molecule is O=C(OC(=O)C1C=c2ccccc2=CC1(C(=O)O)[N+](=O)[O-])C1C=c2ccccc2=CC1(C(=O)O)[N+](=O)[O-]. The number of aliphatic carboxylic acids is 2. The van der Waals surface area contributed by atoms with Gasteiger partial charge in [0.25, 0.3) is 0 Å². The third-order valence-corrected chi connectivity index (χ3v) is 6.38. The van der Waals surface area contributed by atoms with Crippen LogP contribution < -0.4 is 20.9 Å². The van der Waals surface area contributed by atoms with Crippen molar-refractivity contribution in [2.75, 3.05) is 0 Å². The molecule has 0 radical (unpaired) electrons. The van der Waals surface area contributed by atoms with Crippen LogP contribution >= 0.6 is 0 Å². The zero-order chi connectivity index (χ0) is 27.1. The first-order valence-electron chi connectivity index (χ1n) is 10.6. The summed E-state index contributed by atoms with van der Waals surface area (Å²) >= 11 is 0. The van der Waals surface area contributed by atoms with E-state index < -0.39 is 56.6 Å². The van der Waals surface area contributed by atoms with Gasteiger partial charge in [0, 0.05) is 22.0 Å². The van der Waals surface area contributed by atoms with Gasteiger partial charge in [-0.15, -0.1) is 0 Å². The highest BCUT2D eigenvalue weighted by molar-refractivity contribution is 6.03. The molecule has 13 heteroatoms. The number of carbonyl (C=O) groups is 4. The number of nitrogens with zero attached hydrogens (tertiary/aromatic N) is 2. The summed E-state index contributed by atoms with van der Waals surface area (Å²) < 4.78 is 4.75. The zero-order valence-corrected chi connectivity index (χ0v) is 18.5. The van der Waals surface area contributed by atoms with Crippen molar-refractivity contribution in [2.24, 2.45) is 11.8 Å². The lowest BCUT2D eigenvalue weighted by Crippen LogP contribution is -2.59. The van der Waals surface area contributed by atoms with Crippen LogP contribution in [0, 0.1) is 32.1 Å². The Labute approximate surface area is 205 Å². The van der Waals surface area contributed by atoms with Crippen molar-refractivity contribution in [2.45, 2.75) is 11.1 Å². The molecule has 2 aromatic rings. The molecule has 2 aromatic carbocycles. The molecule has 0 saturated carbocycles. The number of rotatable bonds is 6. The second-order valence-electron chi connectivity index (χ2n) is 8.35. The Bertz CT molecular complexity index is 1490. The summed E-state index contributed by atoms with van der Waals surface area (Å²) in [5, 5.41) is 44.2. The van der Waals surface area contributed by atoms with Crippen molar-refractivity contribution in [3.05, 3.63) is 89.6 Å². The summed E-state index contributed by atoms with van der Waals surface area (Å²) in [7, 11) is 0. The molecule has 0 fully saturated rings. The summed E-state index contributed by atoms with van der Waals surface area (Å²) in [4.78, 5) is 71.8. The summed E-state index contributed by atoms with van der Waals surface area (Å²) in [6, 6.07) is 11.7. The molecule has 4 rings (SSSR count). The van der Waals surface area contributed by atoms with Crippen molar-refractivity contribution in [1.82, 2.24) is 0 Å². The first kappa shape index (κ1) is 24.9. The van der Waals surface area contributed by atoms with Crippen molar-refractivity contribution in [3.8, 4) is 0 Å². The number of nitro groups is 2. The minimum atomic E-state index is -3.06. The topological polar surface area (TPSA) is 204 Å². The van der Waals surface area contributed by atoms with Crippen LogP contribution in [0.15, 0.2) is 48.5 Å². The summed E-state index contributed by atoms with van der Waals surface area (Å²) in [6.45, 7) is 0. The quantitative estimate of drug-likeness (QED) is 0.190. The number of carbonyl (C=O) groups excluding carboxylic acids is 2. The van der Waals surface area contributed by atoms with Gasteiger partial charge in [0.2, 0.25) is 0 Å². The van der Waals surface area contributed by atoms with E-state index in [1.54, 1.807) is 0 Å². The molecule has 0 heterocycles. The molecule has 0 saturated heterocycles. The van der Waals surface area contributed by atoms with Gasteiger partial charge in [0.05, 0.1) is 0 Å². The van der Waals surface area contributed by atoms with Crippen molar-refractivity contribution < 1.29 is 44.0 Å². The van der Waals surface area contributed by atoms with Gasteiger partial charge in [-0.2, -0.15) is 0 Å². The molecular weight excluding hydrogens is 492 g/mol. The first-order chi connectivity index (χ1) is 17.4. The minimum Gasteiger partial charge on any atom is -0.476 e. The number of benzene rings is 2. The molecule has 4 unspecified atom stereocenters. The van der Waals surface area contributed by atoms with Gasteiger partial charge >= 0.3 is 35.0 Å². The highest BCUT2D eigenvalue weighted by atomic mass is 16.6. The average Bonchev–Trinajstić information content (AvgIpc) is 2.86. The maximum atomic E-state index is 13.1. The van der Waals surface area contributed by atoms with Gasteiger partial charge in [-0.3, -0.25) is 29.8 Å². The third kappa shape index (κ3) is 3.73. The van der Waals surface area contributed by atoms with Gasteiger partial charge in [-0.1, -0.05) is 60.7 Å². The molecular formula is C24H16N2O11. The molecule has 0 amide bonds. The van der Waals surface area contributed by atoms with E-state index in [4.69, 9.17) is 4.74 Å². The normalized spacial score (nSPS) is 25.3. The molecule has 0 spiro atoms. The van der Waals surface area contributed by atoms with Crippen LogP contribution in [0.4, 0.5) is 0 Å². The summed E-state index contributed by atoms with van der Waals surface area (Å²) in [5.74, 6) is -11.7. The lowest BCUT2D eigenvalue weighted by molar-refractivity contribution is -0.540. The van der Waals surface area contributed by atoms with Crippen molar-refractivity contribution >= 4 is 48.2 Å². The van der Waals surface area contributed by atoms with Gasteiger partial charge in [-0.05, 0) is 20.9 Å². The van der Waals surface area contributed by atoms with E-state index in [-0.39, 0.29) is 20.9 Å². The average molecular weight is 508 g/mol. The largest absolute Gasteiger partial charge is 0.476 e. The van der Waals surface area contributed by atoms with E-state index in [9.17, 15) is 49.6 Å². The predicted molar refractivity (Wildman–Crippen MR) is 122 cm³/mol. The molecule has 37 heavy (non-hydrogen) atoms. The van der Waals surface area contributed by atoms with Crippen LogP contribution in [0.2, 0.25) is 0 Å². The van der Waals surface area contributed by atoms with E-state index in [0.717, 1.165) is 24.3 Å².